The van der Waals surface area contributed by atoms with Crippen molar-refractivity contribution < 1.29 is 0 Å². The molecule has 5 nitrogen and oxygen atoms in total. The van der Waals surface area contributed by atoms with Gasteiger partial charge in [-0.25, -0.2) is 4.98 Å². The molecule has 0 saturated carbocycles. The molecule has 0 spiro atoms. The fourth-order valence-electron chi connectivity index (χ4n) is 3.21. The molecule has 6 heteroatoms. The fraction of sp³-hybridized carbons (Fsp3) is 0.353. The van der Waals surface area contributed by atoms with Gasteiger partial charge >= 0.3 is 0 Å². The molecule has 0 aliphatic carbocycles. The molecular weight excluding hydrogens is 308 g/mol. The Balaban J connectivity index is 1.71. The maximum atomic E-state index is 12.2. The minimum atomic E-state index is -0.104. The van der Waals surface area contributed by atoms with Crippen LogP contribution in [0.1, 0.15) is 35.5 Å². The van der Waals surface area contributed by atoms with E-state index in [4.69, 9.17) is 0 Å². The first-order valence-corrected chi connectivity index (χ1v) is 8.64. The van der Waals surface area contributed by atoms with Crippen molar-refractivity contribution in [2.45, 2.75) is 32.7 Å². The average molecular weight is 326 g/mol. The van der Waals surface area contributed by atoms with E-state index in [-0.39, 0.29) is 5.56 Å². The molecule has 2 aromatic heterocycles. The van der Waals surface area contributed by atoms with Crippen LogP contribution < -0.4 is 10.5 Å². The van der Waals surface area contributed by atoms with E-state index in [1.165, 1.54) is 27.1 Å². The monoisotopic (exact) mass is 326 g/mol. The summed E-state index contributed by atoms with van der Waals surface area (Å²) in [5.74, 6) is 0.577. The molecule has 0 radical (unpaired) electrons. The molecule has 1 aliphatic heterocycles. The molecule has 1 aromatic carbocycles. The lowest BCUT2D eigenvalue weighted by Crippen LogP contribution is -2.31. The van der Waals surface area contributed by atoms with Gasteiger partial charge in [0.15, 0.2) is 0 Å². The van der Waals surface area contributed by atoms with Gasteiger partial charge < -0.3 is 4.90 Å². The summed E-state index contributed by atoms with van der Waals surface area (Å²) in [6, 6.07) is 10.1. The molecule has 0 amide bonds. The van der Waals surface area contributed by atoms with E-state index < -0.39 is 0 Å². The molecule has 0 saturated heterocycles. The van der Waals surface area contributed by atoms with E-state index in [2.05, 4.69) is 46.2 Å². The molecule has 4 rings (SSSR count). The van der Waals surface area contributed by atoms with Gasteiger partial charge in [0.25, 0.3) is 5.56 Å². The number of nitrogens with zero attached hydrogens (tertiary/aromatic N) is 4. The maximum absolute atomic E-state index is 12.2. The number of benzene rings is 1. The standard InChI is InChI=1S/C17H18N4OS/c1-11-7-8-20(15-6-4-3-5-14(11)15)10-13-9-16(22)21-17(18-13)23-12(2)19-21/h3-6,9,11H,7-8,10H2,1-2H3/t11-/m1/s1. The summed E-state index contributed by atoms with van der Waals surface area (Å²) < 4.78 is 1.38. The van der Waals surface area contributed by atoms with Crippen LogP contribution in [-0.2, 0) is 6.54 Å². The molecule has 3 heterocycles. The highest BCUT2D eigenvalue weighted by atomic mass is 32.1. The van der Waals surface area contributed by atoms with E-state index in [1.54, 1.807) is 6.07 Å². The van der Waals surface area contributed by atoms with Gasteiger partial charge in [-0.15, -0.1) is 0 Å². The second kappa shape index (κ2) is 5.45. The quantitative estimate of drug-likeness (QED) is 0.726. The largest absolute Gasteiger partial charge is 0.365 e. The molecule has 0 fully saturated rings. The third-order valence-corrected chi connectivity index (χ3v) is 5.22. The topological polar surface area (TPSA) is 50.5 Å². The van der Waals surface area contributed by atoms with Gasteiger partial charge in [-0.1, -0.05) is 36.5 Å². The third kappa shape index (κ3) is 2.53. The van der Waals surface area contributed by atoms with Crippen molar-refractivity contribution in [1.29, 1.82) is 0 Å². The van der Waals surface area contributed by atoms with Gasteiger partial charge in [0.1, 0.15) is 5.01 Å². The number of aryl methyl sites for hydroxylation is 1. The highest BCUT2D eigenvalue weighted by Crippen LogP contribution is 2.35. The predicted molar refractivity (Wildman–Crippen MR) is 92.4 cm³/mol. The molecule has 118 valence electrons. The lowest BCUT2D eigenvalue weighted by atomic mass is 9.91. The highest BCUT2D eigenvalue weighted by Gasteiger charge is 2.22. The first-order chi connectivity index (χ1) is 11.1. The summed E-state index contributed by atoms with van der Waals surface area (Å²) in [6.45, 7) is 5.81. The smallest absolute Gasteiger partial charge is 0.275 e. The SMILES string of the molecule is Cc1nn2c(=O)cc(CN3CC[C@@H](C)c4ccccc43)nc2s1. The van der Waals surface area contributed by atoms with Crippen LogP contribution >= 0.6 is 11.3 Å². The Morgan fingerprint density at radius 2 is 2.17 bits per heavy atom. The third-order valence-electron chi connectivity index (χ3n) is 4.39. The van der Waals surface area contributed by atoms with Gasteiger partial charge in [-0.2, -0.15) is 9.61 Å². The van der Waals surface area contributed by atoms with Gasteiger partial charge in [-0.3, -0.25) is 4.79 Å². The van der Waals surface area contributed by atoms with Crippen LogP contribution in [0, 0.1) is 6.92 Å². The van der Waals surface area contributed by atoms with Crippen molar-refractivity contribution in [3.05, 3.63) is 57.0 Å². The molecular formula is C17H18N4OS. The highest BCUT2D eigenvalue weighted by molar-refractivity contribution is 7.16. The summed E-state index contributed by atoms with van der Waals surface area (Å²) >= 11 is 1.45. The minimum absolute atomic E-state index is 0.104. The van der Waals surface area contributed by atoms with Crippen LogP contribution in [0.2, 0.25) is 0 Å². The average Bonchev–Trinajstić information content (AvgIpc) is 2.91. The molecule has 1 atom stereocenters. The van der Waals surface area contributed by atoms with Crippen LogP contribution in [-0.4, -0.2) is 21.1 Å². The lowest BCUT2D eigenvalue weighted by molar-refractivity contribution is 0.605. The fourth-order valence-corrected chi connectivity index (χ4v) is 3.98. The van der Waals surface area contributed by atoms with Crippen LogP contribution in [0.25, 0.3) is 4.96 Å². The molecule has 1 aliphatic rings. The number of hydrogen-bond acceptors (Lipinski definition) is 5. The summed E-state index contributed by atoms with van der Waals surface area (Å²) in [4.78, 5) is 19.8. The maximum Gasteiger partial charge on any atom is 0.275 e. The van der Waals surface area contributed by atoms with Crippen LogP contribution in [0.3, 0.4) is 0 Å². The van der Waals surface area contributed by atoms with E-state index in [9.17, 15) is 4.79 Å². The zero-order valence-corrected chi connectivity index (χ0v) is 14.0. The van der Waals surface area contributed by atoms with Crippen molar-refractivity contribution in [2.24, 2.45) is 0 Å². The predicted octanol–water partition coefficient (Wildman–Crippen LogP) is 2.97. The molecule has 0 N–H and O–H groups in total. The van der Waals surface area contributed by atoms with Crippen molar-refractivity contribution in [1.82, 2.24) is 14.6 Å². The van der Waals surface area contributed by atoms with Crippen molar-refractivity contribution in [2.75, 3.05) is 11.4 Å². The number of para-hydroxylation sites is 1. The Morgan fingerprint density at radius 3 is 3.04 bits per heavy atom. The first kappa shape index (κ1) is 14.4. The minimum Gasteiger partial charge on any atom is -0.365 e. The molecule has 0 bridgehead atoms. The summed E-state index contributed by atoms with van der Waals surface area (Å²) in [6.07, 6.45) is 1.12. The van der Waals surface area contributed by atoms with Crippen LogP contribution in [0.5, 0.6) is 0 Å². The van der Waals surface area contributed by atoms with Gasteiger partial charge in [0, 0.05) is 18.3 Å². The van der Waals surface area contributed by atoms with Crippen molar-refractivity contribution >= 4 is 22.0 Å². The van der Waals surface area contributed by atoms with Gasteiger partial charge in [-0.05, 0) is 30.9 Å². The van der Waals surface area contributed by atoms with Crippen molar-refractivity contribution in [3.63, 3.8) is 0 Å². The number of hydrogen-bond donors (Lipinski definition) is 0. The summed E-state index contributed by atoms with van der Waals surface area (Å²) in [5.41, 5.74) is 3.34. The lowest BCUT2D eigenvalue weighted by Gasteiger charge is -2.34. The second-order valence-electron chi connectivity index (χ2n) is 6.07. The van der Waals surface area contributed by atoms with Crippen molar-refractivity contribution in [3.8, 4) is 0 Å². The van der Waals surface area contributed by atoms with Gasteiger partial charge in [0.2, 0.25) is 4.96 Å². The molecule has 23 heavy (non-hydrogen) atoms. The zero-order valence-electron chi connectivity index (χ0n) is 13.2. The van der Waals surface area contributed by atoms with E-state index in [0.29, 0.717) is 17.4 Å². The Bertz CT molecular complexity index is 930. The Hall–Kier alpha value is -2.21. The van der Waals surface area contributed by atoms with E-state index >= 15 is 0 Å². The van der Waals surface area contributed by atoms with Crippen LogP contribution in [0.15, 0.2) is 35.1 Å². The van der Waals surface area contributed by atoms with Crippen LogP contribution in [0.4, 0.5) is 5.69 Å². The first-order valence-electron chi connectivity index (χ1n) is 7.82. The van der Waals surface area contributed by atoms with E-state index in [1.807, 2.05) is 6.92 Å². The number of fused-ring (bicyclic) bond motifs is 2. The number of aromatic nitrogens is 3. The number of anilines is 1. The molecule has 3 aromatic rings. The van der Waals surface area contributed by atoms with Gasteiger partial charge in [0.05, 0.1) is 12.2 Å². The summed E-state index contributed by atoms with van der Waals surface area (Å²) in [7, 11) is 0. The normalized spacial score (nSPS) is 17.5. The Morgan fingerprint density at radius 1 is 1.35 bits per heavy atom. The molecule has 0 unspecified atom stereocenters. The second-order valence-corrected chi connectivity index (χ2v) is 7.23. The Kier molecular flexibility index (Phi) is 3.41. The number of rotatable bonds is 2. The zero-order chi connectivity index (χ0) is 16.0. The Labute approximate surface area is 138 Å². The van der Waals surface area contributed by atoms with E-state index in [0.717, 1.165) is 23.7 Å². The summed E-state index contributed by atoms with van der Waals surface area (Å²) in [5, 5.41) is 5.04.